The van der Waals surface area contributed by atoms with E-state index < -0.39 is 22.9 Å². The number of ether oxygens (including phenoxy) is 1. The highest BCUT2D eigenvalue weighted by Gasteiger charge is 2.19. The summed E-state index contributed by atoms with van der Waals surface area (Å²) in [6.07, 6.45) is -0.118. The maximum atomic E-state index is 11.8. The standard InChI is InChI=1S/C13H15ClN2O5/c1-3-4-12(17)21-8(2)13(18)15-11-6-5-9(16(19)20)7-10(11)14/h5-8H,3-4H2,1-2H3,(H,15,18). The van der Waals surface area contributed by atoms with Crippen LogP contribution in [-0.4, -0.2) is 22.9 Å². The molecule has 0 saturated heterocycles. The summed E-state index contributed by atoms with van der Waals surface area (Å²) in [6.45, 7) is 3.25. The van der Waals surface area contributed by atoms with Crippen molar-refractivity contribution < 1.29 is 19.2 Å². The number of nitrogens with zero attached hydrogens (tertiary/aromatic N) is 1. The molecule has 0 heterocycles. The Kier molecular flexibility index (Phi) is 6.10. The number of nitro benzene ring substituents is 1. The molecule has 21 heavy (non-hydrogen) atoms. The fourth-order valence-corrected chi connectivity index (χ4v) is 1.69. The molecular weight excluding hydrogens is 300 g/mol. The highest BCUT2D eigenvalue weighted by atomic mass is 35.5. The summed E-state index contributed by atoms with van der Waals surface area (Å²) in [5.41, 5.74) is 0.0334. The van der Waals surface area contributed by atoms with Crippen LogP contribution in [0.15, 0.2) is 18.2 Å². The highest BCUT2D eigenvalue weighted by molar-refractivity contribution is 6.34. The molecule has 1 unspecified atom stereocenters. The number of halogens is 1. The van der Waals surface area contributed by atoms with Gasteiger partial charge in [-0.25, -0.2) is 0 Å². The number of hydrogen-bond donors (Lipinski definition) is 1. The van der Waals surface area contributed by atoms with Crippen molar-refractivity contribution in [1.82, 2.24) is 0 Å². The lowest BCUT2D eigenvalue weighted by atomic mass is 10.2. The lowest BCUT2D eigenvalue weighted by Gasteiger charge is -2.13. The molecule has 0 bridgehead atoms. The minimum Gasteiger partial charge on any atom is -0.453 e. The molecule has 1 atom stereocenters. The fourth-order valence-electron chi connectivity index (χ4n) is 1.47. The van der Waals surface area contributed by atoms with Gasteiger partial charge in [-0.2, -0.15) is 0 Å². The maximum Gasteiger partial charge on any atom is 0.306 e. The Labute approximate surface area is 126 Å². The van der Waals surface area contributed by atoms with Crippen molar-refractivity contribution in [3.05, 3.63) is 33.3 Å². The van der Waals surface area contributed by atoms with Crippen LogP contribution in [0.5, 0.6) is 0 Å². The summed E-state index contributed by atoms with van der Waals surface area (Å²) in [4.78, 5) is 33.1. The molecule has 0 spiro atoms. The first kappa shape index (κ1) is 16.9. The number of non-ortho nitro benzene ring substituents is 1. The number of nitro groups is 1. The van der Waals surface area contributed by atoms with Crippen LogP contribution in [0.1, 0.15) is 26.7 Å². The molecule has 114 valence electrons. The minimum absolute atomic E-state index is 0.0321. The van der Waals surface area contributed by atoms with Crippen LogP contribution in [0.4, 0.5) is 11.4 Å². The van der Waals surface area contributed by atoms with Crippen molar-refractivity contribution in [1.29, 1.82) is 0 Å². The summed E-state index contributed by atoms with van der Waals surface area (Å²) < 4.78 is 4.92. The molecule has 0 aliphatic carbocycles. The number of anilines is 1. The van der Waals surface area contributed by atoms with Crippen molar-refractivity contribution >= 4 is 34.9 Å². The Bertz CT molecular complexity index is 561. The molecule has 0 aliphatic heterocycles. The van der Waals surface area contributed by atoms with Gasteiger partial charge in [0.15, 0.2) is 6.10 Å². The number of rotatable bonds is 6. The smallest absolute Gasteiger partial charge is 0.306 e. The number of esters is 1. The minimum atomic E-state index is -0.977. The third-order valence-corrected chi connectivity index (χ3v) is 2.87. The number of nitrogens with one attached hydrogen (secondary N) is 1. The molecule has 1 N–H and O–H groups in total. The second-order valence-corrected chi connectivity index (χ2v) is 4.70. The van der Waals surface area contributed by atoms with Crippen LogP contribution >= 0.6 is 11.6 Å². The first-order valence-electron chi connectivity index (χ1n) is 6.29. The predicted molar refractivity (Wildman–Crippen MR) is 77.2 cm³/mol. The number of carbonyl (C=O) groups is 2. The third-order valence-electron chi connectivity index (χ3n) is 2.55. The van der Waals surface area contributed by atoms with Gasteiger partial charge in [0, 0.05) is 18.6 Å². The topological polar surface area (TPSA) is 98.5 Å². The SMILES string of the molecule is CCCC(=O)OC(C)C(=O)Nc1ccc([N+](=O)[O-])cc1Cl. The van der Waals surface area contributed by atoms with E-state index in [1.807, 2.05) is 6.92 Å². The molecule has 1 amide bonds. The Balaban J connectivity index is 2.70. The average molecular weight is 315 g/mol. The fraction of sp³-hybridized carbons (Fsp3) is 0.385. The van der Waals surface area contributed by atoms with Crippen LogP contribution in [0.25, 0.3) is 0 Å². The molecule has 8 heteroatoms. The van der Waals surface area contributed by atoms with Gasteiger partial charge in [0.1, 0.15) is 0 Å². The van der Waals surface area contributed by atoms with Crippen LogP contribution in [0, 0.1) is 10.1 Å². The van der Waals surface area contributed by atoms with Crippen LogP contribution in [0.2, 0.25) is 5.02 Å². The molecule has 0 saturated carbocycles. The summed E-state index contributed by atoms with van der Waals surface area (Å²) in [7, 11) is 0. The molecule has 1 aromatic carbocycles. The summed E-state index contributed by atoms with van der Waals surface area (Å²) in [5.74, 6) is -1.02. The van der Waals surface area contributed by atoms with E-state index in [4.69, 9.17) is 16.3 Å². The van der Waals surface area contributed by atoms with Crippen LogP contribution in [0.3, 0.4) is 0 Å². The van der Waals surface area contributed by atoms with Gasteiger partial charge in [0.05, 0.1) is 15.6 Å². The summed E-state index contributed by atoms with van der Waals surface area (Å²) in [6, 6.07) is 3.67. The van der Waals surface area contributed by atoms with E-state index in [1.165, 1.54) is 19.1 Å². The van der Waals surface area contributed by atoms with E-state index in [2.05, 4.69) is 5.32 Å². The van der Waals surface area contributed by atoms with Crippen molar-refractivity contribution in [3.8, 4) is 0 Å². The van der Waals surface area contributed by atoms with E-state index in [-0.39, 0.29) is 22.8 Å². The third kappa shape index (κ3) is 5.03. The summed E-state index contributed by atoms with van der Waals surface area (Å²) >= 11 is 5.85. The van der Waals surface area contributed by atoms with Crippen molar-refractivity contribution in [2.45, 2.75) is 32.8 Å². The largest absolute Gasteiger partial charge is 0.453 e. The zero-order valence-corrected chi connectivity index (χ0v) is 12.3. The molecule has 1 rings (SSSR count). The van der Waals surface area contributed by atoms with E-state index in [1.54, 1.807) is 0 Å². The van der Waals surface area contributed by atoms with E-state index in [0.29, 0.717) is 6.42 Å². The Hall–Kier alpha value is -2.15. The molecule has 0 aromatic heterocycles. The molecule has 0 fully saturated rings. The Morgan fingerprint density at radius 2 is 2.14 bits per heavy atom. The first-order valence-corrected chi connectivity index (χ1v) is 6.67. The van der Waals surface area contributed by atoms with Crippen molar-refractivity contribution in [2.24, 2.45) is 0 Å². The van der Waals surface area contributed by atoms with Gasteiger partial charge >= 0.3 is 5.97 Å². The van der Waals surface area contributed by atoms with Crippen molar-refractivity contribution in [3.63, 3.8) is 0 Å². The van der Waals surface area contributed by atoms with E-state index >= 15 is 0 Å². The average Bonchev–Trinajstić information content (AvgIpc) is 2.40. The van der Waals surface area contributed by atoms with Gasteiger partial charge in [-0.05, 0) is 19.4 Å². The van der Waals surface area contributed by atoms with Gasteiger partial charge in [-0.15, -0.1) is 0 Å². The zero-order chi connectivity index (χ0) is 16.0. The van der Waals surface area contributed by atoms with Crippen LogP contribution < -0.4 is 5.32 Å². The number of amides is 1. The predicted octanol–water partition coefficient (Wildman–Crippen LogP) is 2.92. The van der Waals surface area contributed by atoms with E-state index in [0.717, 1.165) is 6.07 Å². The second-order valence-electron chi connectivity index (χ2n) is 4.29. The molecule has 7 nitrogen and oxygen atoms in total. The number of benzene rings is 1. The van der Waals surface area contributed by atoms with Gasteiger partial charge in [0.25, 0.3) is 11.6 Å². The first-order chi connectivity index (χ1) is 9.85. The zero-order valence-electron chi connectivity index (χ0n) is 11.6. The number of carbonyl (C=O) groups excluding carboxylic acids is 2. The Morgan fingerprint density at radius 1 is 1.48 bits per heavy atom. The molecular formula is C13H15ClN2O5. The van der Waals surface area contributed by atoms with Gasteiger partial charge in [-0.1, -0.05) is 18.5 Å². The molecule has 1 aromatic rings. The highest BCUT2D eigenvalue weighted by Crippen LogP contribution is 2.26. The lowest BCUT2D eigenvalue weighted by Crippen LogP contribution is -2.30. The quantitative estimate of drug-likeness (QED) is 0.494. The van der Waals surface area contributed by atoms with Crippen LogP contribution in [-0.2, 0) is 14.3 Å². The normalized spacial score (nSPS) is 11.6. The van der Waals surface area contributed by atoms with Gasteiger partial charge in [0.2, 0.25) is 0 Å². The van der Waals surface area contributed by atoms with E-state index in [9.17, 15) is 19.7 Å². The summed E-state index contributed by atoms with van der Waals surface area (Å²) in [5, 5.41) is 13.1. The second kappa shape index (κ2) is 7.58. The van der Waals surface area contributed by atoms with Gasteiger partial charge in [-0.3, -0.25) is 19.7 Å². The number of hydrogen-bond acceptors (Lipinski definition) is 5. The van der Waals surface area contributed by atoms with Gasteiger partial charge < -0.3 is 10.1 Å². The monoisotopic (exact) mass is 314 g/mol. The van der Waals surface area contributed by atoms with Crippen molar-refractivity contribution in [2.75, 3.05) is 5.32 Å². The maximum absolute atomic E-state index is 11.8. The molecule has 0 aliphatic rings. The Morgan fingerprint density at radius 3 is 2.67 bits per heavy atom. The lowest BCUT2D eigenvalue weighted by molar-refractivity contribution is -0.384. The molecule has 0 radical (unpaired) electrons.